The topological polar surface area (TPSA) is 93.8 Å². The molecule has 0 atom stereocenters. The highest BCUT2D eigenvalue weighted by atomic mass is 19.1. The van der Waals surface area contributed by atoms with Crippen molar-refractivity contribution < 1.29 is 14.3 Å². The van der Waals surface area contributed by atoms with Crippen molar-refractivity contribution in [1.29, 1.82) is 0 Å². The van der Waals surface area contributed by atoms with Gasteiger partial charge in [0.05, 0.1) is 23.2 Å². The van der Waals surface area contributed by atoms with E-state index in [0.717, 1.165) is 0 Å². The predicted molar refractivity (Wildman–Crippen MR) is 95.8 cm³/mol. The molecular weight excluding hydrogens is 349 g/mol. The quantitative estimate of drug-likeness (QED) is 0.599. The number of fused-ring (bicyclic) bond motifs is 1. The van der Waals surface area contributed by atoms with Crippen molar-refractivity contribution in [2.24, 2.45) is 0 Å². The number of hydrogen-bond acceptors (Lipinski definition) is 5. The molecule has 0 fully saturated rings. The Morgan fingerprint density at radius 1 is 1.19 bits per heavy atom. The van der Waals surface area contributed by atoms with E-state index in [4.69, 9.17) is 5.11 Å². The van der Waals surface area contributed by atoms with Gasteiger partial charge in [0.2, 0.25) is 0 Å². The van der Waals surface area contributed by atoms with Crippen LogP contribution in [0, 0.1) is 12.7 Å². The lowest BCUT2D eigenvalue weighted by atomic mass is 10.2. The first-order chi connectivity index (χ1) is 13.0. The van der Waals surface area contributed by atoms with Crippen molar-refractivity contribution >= 4 is 17.0 Å². The molecule has 4 rings (SSSR count). The van der Waals surface area contributed by atoms with E-state index >= 15 is 0 Å². The van der Waals surface area contributed by atoms with Gasteiger partial charge >= 0.3 is 5.97 Å². The number of carboxylic acids is 1. The van der Waals surface area contributed by atoms with Crippen LogP contribution in [0.25, 0.3) is 22.6 Å². The molecule has 0 aliphatic carbocycles. The van der Waals surface area contributed by atoms with E-state index in [1.54, 1.807) is 42.1 Å². The molecule has 0 amide bonds. The van der Waals surface area contributed by atoms with Gasteiger partial charge in [-0.1, -0.05) is 18.2 Å². The normalized spacial score (nSPS) is 11.0. The maximum absolute atomic E-state index is 14.0. The monoisotopic (exact) mass is 363 g/mol. The lowest BCUT2D eigenvalue weighted by molar-refractivity contribution is 0.0695. The van der Waals surface area contributed by atoms with Gasteiger partial charge in [-0.25, -0.2) is 28.8 Å². The Balaban J connectivity index is 1.84. The Kier molecular flexibility index (Phi) is 4.08. The van der Waals surface area contributed by atoms with E-state index in [1.165, 1.54) is 12.3 Å². The van der Waals surface area contributed by atoms with Crippen LogP contribution < -0.4 is 0 Å². The first kappa shape index (κ1) is 16.8. The van der Waals surface area contributed by atoms with Crippen LogP contribution in [-0.2, 0) is 6.54 Å². The van der Waals surface area contributed by atoms with Gasteiger partial charge in [0.15, 0.2) is 11.5 Å². The average molecular weight is 363 g/mol. The molecule has 0 aliphatic rings. The number of pyridine rings is 1. The van der Waals surface area contributed by atoms with Gasteiger partial charge in [-0.2, -0.15) is 5.10 Å². The highest BCUT2D eigenvalue weighted by Gasteiger charge is 2.18. The van der Waals surface area contributed by atoms with Crippen LogP contribution in [0.2, 0.25) is 0 Å². The smallest absolute Gasteiger partial charge is 0.339 e. The number of rotatable bonds is 4. The third-order valence-electron chi connectivity index (χ3n) is 4.21. The van der Waals surface area contributed by atoms with Crippen LogP contribution in [-0.4, -0.2) is 35.8 Å². The molecule has 0 saturated carbocycles. The van der Waals surface area contributed by atoms with Crippen LogP contribution in [0.4, 0.5) is 4.39 Å². The van der Waals surface area contributed by atoms with E-state index in [2.05, 4.69) is 20.1 Å². The highest BCUT2D eigenvalue weighted by molar-refractivity contribution is 5.91. The fourth-order valence-corrected chi connectivity index (χ4v) is 2.86. The van der Waals surface area contributed by atoms with Crippen molar-refractivity contribution in [2.45, 2.75) is 13.5 Å². The van der Waals surface area contributed by atoms with Gasteiger partial charge in [-0.05, 0) is 25.1 Å². The number of aromatic carboxylic acids is 1. The molecule has 8 heteroatoms. The third-order valence-corrected chi connectivity index (χ3v) is 4.21. The van der Waals surface area contributed by atoms with Gasteiger partial charge in [0.1, 0.15) is 11.5 Å². The Bertz CT molecular complexity index is 1170. The number of hydrogen-bond donors (Lipinski definition) is 1. The van der Waals surface area contributed by atoms with E-state index in [0.29, 0.717) is 33.8 Å². The second-order valence-electron chi connectivity index (χ2n) is 5.97. The van der Waals surface area contributed by atoms with Gasteiger partial charge in [0.25, 0.3) is 0 Å². The van der Waals surface area contributed by atoms with Crippen LogP contribution in [0.5, 0.6) is 0 Å². The van der Waals surface area contributed by atoms with Crippen molar-refractivity contribution in [3.63, 3.8) is 0 Å². The lowest BCUT2D eigenvalue weighted by Crippen LogP contribution is -2.06. The van der Waals surface area contributed by atoms with Crippen LogP contribution >= 0.6 is 0 Å². The zero-order valence-corrected chi connectivity index (χ0v) is 14.3. The number of halogens is 1. The van der Waals surface area contributed by atoms with Gasteiger partial charge in [-0.3, -0.25) is 0 Å². The standard InChI is InChI=1S/C19H14FN5O2/c1-11-14(19(26)27)9-22-17(23-11)16-13-6-4-8-21-18(13)25(24-16)10-12-5-2-3-7-15(12)20/h2-9H,10H2,1H3,(H,26,27). The Morgan fingerprint density at radius 2 is 2.00 bits per heavy atom. The molecule has 0 unspecified atom stereocenters. The zero-order valence-electron chi connectivity index (χ0n) is 14.3. The maximum atomic E-state index is 14.0. The molecule has 27 heavy (non-hydrogen) atoms. The summed E-state index contributed by atoms with van der Waals surface area (Å²) in [6, 6.07) is 10.1. The molecule has 3 aromatic heterocycles. The molecule has 7 nitrogen and oxygen atoms in total. The summed E-state index contributed by atoms with van der Waals surface area (Å²) in [6.07, 6.45) is 2.89. The minimum Gasteiger partial charge on any atom is -0.478 e. The van der Waals surface area contributed by atoms with Crippen LogP contribution in [0.15, 0.2) is 48.8 Å². The van der Waals surface area contributed by atoms with E-state index < -0.39 is 5.97 Å². The second kappa shape index (κ2) is 6.56. The van der Waals surface area contributed by atoms with Crippen molar-refractivity contribution in [3.8, 4) is 11.5 Å². The molecule has 0 aliphatic heterocycles. The van der Waals surface area contributed by atoms with Crippen molar-refractivity contribution in [2.75, 3.05) is 0 Å². The summed E-state index contributed by atoms with van der Waals surface area (Å²) in [4.78, 5) is 24.0. The predicted octanol–water partition coefficient (Wildman–Crippen LogP) is 3.08. The molecule has 0 radical (unpaired) electrons. The molecule has 0 saturated heterocycles. The summed E-state index contributed by atoms with van der Waals surface area (Å²) in [5, 5.41) is 14.4. The molecule has 1 N–H and O–H groups in total. The lowest BCUT2D eigenvalue weighted by Gasteiger charge is -2.04. The molecular formula is C19H14FN5O2. The summed E-state index contributed by atoms with van der Waals surface area (Å²) in [7, 11) is 0. The molecule has 1 aromatic carbocycles. The van der Waals surface area contributed by atoms with Gasteiger partial charge in [0, 0.05) is 18.0 Å². The Hall–Kier alpha value is -3.68. The average Bonchev–Trinajstić information content (AvgIpc) is 3.02. The van der Waals surface area contributed by atoms with Crippen molar-refractivity contribution in [1.82, 2.24) is 24.7 Å². The van der Waals surface area contributed by atoms with Gasteiger partial charge < -0.3 is 5.11 Å². The minimum absolute atomic E-state index is 0.0342. The van der Waals surface area contributed by atoms with Crippen LogP contribution in [0.1, 0.15) is 21.6 Å². The zero-order chi connectivity index (χ0) is 19.0. The van der Waals surface area contributed by atoms with Gasteiger partial charge in [-0.15, -0.1) is 0 Å². The summed E-state index contributed by atoms with van der Waals surface area (Å²) in [5.41, 5.74) is 1.89. The summed E-state index contributed by atoms with van der Waals surface area (Å²) in [5.74, 6) is -1.12. The molecule has 0 bridgehead atoms. The maximum Gasteiger partial charge on any atom is 0.339 e. The minimum atomic E-state index is -1.09. The SMILES string of the molecule is Cc1nc(-c2nn(Cc3ccccc3F)c3ncccc23)ncc1C(=O)O. The molecule has 134 valence electrons. The van der Waals surface area contributed by atoms with E-state index in [9.17, 15) is 9.18 Å². The molecule has 0 spiro atoms. The largest absolute Gasteiger partial charge is 0.478 e. The summed E-state index contributed by atoms with van der Waals surface area (Å²) >= 11 is 0. The Labute approximate surface area is 153 Å². The fraction of sp³-hybridized carbons (Fsp3) is 0.105. The van der Waals surface area contributed by atoms with Crippen molar-refractivity contribution in [3.05, 3.63) is 71.4 Å². The number of nitrogens with zero attached hydrogens (tertiary/aromatic N) is 5. The van der Waals surface area contributed by atoms with Crippen LogP contribution in [0.3, 0.4) is 0 Å². The fourth-order valence-electron chi connectivity index (χ4n) is 2.86. The molecule has 3 heterocycles. The number of aromatic nitrogens is 5. The number of benzene rings is 1. The highest BCUT2D eigenvalue weighted by Crippen LogP contribution is 2.25. The summed E-state index contributed by atoms with van der Waals surface area (Å²) < 4.78 is 15.6. The Morgan fingerprint density at radius 3 is 2.74 bits per heavy atom. The molecule has 4 aromatic rings. The second-order valence-corrected chi connectivity index (χ2v) is 5.97. The third kappa shape index (κ3) is 3.01. The first-order valence-electron chi connectivity index (χ1n) is 8.17. The number of carbonyl (C=O) groups is 1. The first-order valence-corrected chi connectivity index (χ1v) is 8.17. The van der Waals surface area contributed by atoms with E-state index in [1.807, 2.05) is 6.07 Å². The number of aryl methyl sites for hydroxylation is 1. The number of carboxylic acid groups (broad SMARTS) is 1. The van der Waals surface area contributed by atoms with E-state index in [-0.39, 0.29) is 17.9 Å². The summed E-state index contributed by atoms with van der Waals surface area (Å²) in [6.45, 7) is 1.80.